The first-order chi connectivity index (χ1) is 10.4. The fraction of sp³-hybridized carbons (Fsp3) is 0.214. The Morgan fingerprint density at radius 1 is 1.36 bits per heavy atom. The summed E-state index contributed by atoms with van der Waals surface area (Å²) in [5.41, 5.74) is 1.58. The molecule has 1 aromatic carbocycles. The molecule has 0 radical (unpaired) electrons. The van der Waals surface area contributed by atoms with Gasteiger partial charge in [0.2, 0.25) is 0 Å². The molecule has 5 nitrogen and oxygen atoms in total. The van der Waals surface area contributed by atoms with Gasteiger partial charge < -0.3 is 5.32 Å². The largest absolute Gasteiger partial charge is 0.347 e. The van der Waals surface area contributed by atoms with Crippen molar-refractivity contribution in [2.45, 2.75) is 23.7 Å². The third-order valence-corrected chi connectivity index (χ3v) is 6.85. The van der Waals surface area contributed by atoms with Crippen LogP contribution in [0.2, 0.25) is 5.02 Å². The Hall–Kier alpha value is -1.41. The standard InChI is InChI=1S/C14H13ClN2O3S2/c1-8-11-6-12(21-14(11)22(19,20)17-8)13(18)16-7-9-2-4-10(15)5-3-9/h2-6,8,17H,7H2,1H3,(H,16,18)/t8-/m1/s1. The normalized spacial score (nSPS) is 18.9. The molecule has 0 fully saturated rings. The highest BCUT2D eigenvalue weighted by Crippen LogP contribution is 2.37. The maximum atomic E-state index is 12.2. The van der Waals surface area contributed by atoms with E-state index in [-0.39, 0.29) is 16.2 Å². The van der Waals surface area contributed by atoms with Gasteiger partial charge in [-0.2, -0.15) is 0 Å². The number of halogens is 1. The molecule has 1 aliphatic heterocycles. The van der Waals surface area contributed by atoms with Crippen LogP contribution in [0.3, 0.4) is 0 Å². The first-order valence-corrected chi connectivity index (χ1v) is 9.23. The van der Waals surface area contributed by atoms with Gasteiger partial charge in [0.05, 0.1) is 4.88 Å². The van der Waals surface area contributed by atoms with Crippen LogP contribution in [0.5, 0.6) is 0 Å². The SMILES string of the molecule is C[C@H]1NS(=O)(=O)c2sc(C(=O)NCc3ccc(Cl)cc3)cc21. The Labute approximate surface area is 137 Å². The van der Waals surface area contributed by atoms with E-state index in [0.717, 1.165) is 16.9 Å². The van der Waals surface area contributed by atoms with Crippen molar-refractivity contribution in [2.24, 2.45) is 0 Å². The molecular formula is C14H13ClN2O3S2. The number of amides is 1. The predicted octanol–water partition coefficient (Wildman–Crippen LogP) is 2.68. The van der Waals surface area contributed by atoms with Gasteiger partial charge in [0.15, 0.2) is 0 Å². The van der Waals surface area contributed by atoms with Gasteiger partial charge in [-0.3, -0.25) is 4.79 Å². The maximum absolute atomic E-state index is 12.2. The van der Waals surface area contributed by atoms with Crippen LogP contribution in [0.1, 0.15) is 33.8 Å². The molecule has 2 heterocycles. The summed E-state index contributed by atoms with van der Waals surface area (Å²) in [5, 5.41) is 3.41. The molecule has 116 valence electrons. The number of sulfonamides is 1. The van der Waals surface area contributed by atoms with Crippen molar-refractivity contribution in [1.29, 1.82) is 0 Å². The monoisotopic (exact) mass is 356 g/mol. The molecule has 22 heavy (non-hydrogen) atoms. The minimum atomic E-state index is -3.47. The molecule has 3 rings (SSSR count). The highest BCUT2D eigenvalue weighted by Gasteiger charge is 2.34. The van der Waals surface area contributed by atoms with E-state index in [4.69, 9.17) is 11.6 Å². The van der Waals surface area contributed by atoms with Crippen LogP contribution in [-0.2, 0) is 16.6 Å². The maximum Gasteiger partial charge on any atom is 0.261 e. The van der Waals surface area contributed by atoms with E-state index in [1.807, 2.05) is 12.1 Å². The van der Waals surface area contributed by atoms with Crippen molar-refractivity contribution in [1.82, 2.24) is 10.0 Å². The van der Waals surface area contributed by atoms with Crippen molar-refractivity contribution in [3.63, 3.8) is 0 Å². The van der Waals surface area contributed by atoms with Crippen molar-refractivity contribution >= 4 is 38.9 Å². The van der Waals surface area contributed by atoms with E-state index >= 15 is 0 Å². The van der Waals surface area contributed by atoms with Crippen LogP contribution < -0.4 is 10.0 Å². The van der Waals surface area contributed by atoms with Crippen LogP contribution in [0, 0.1) is 0 Å². The number of hydrogen-bond acceptors (Lipinski definition) is 4. The predicted molar refractivity (Wildman–Crippen MR) is 85.7 cm³/mol. The minimum Gasteiger partial charge on any atom is -0.347 e. The molecule has 1 amide bonds. The summed E-state index contributed by atoms with van der Waals surface area (Å²) in [6.45, 7) is 2.12. The zero-order chi connectivity index (χ0) is 15.9. The number of hydrogen-bond donors (Lipinski definition) is 2. The summed E-state index contributed by atoms with van der Waals surface area (Å²) in [6.07, 6.45) is 0. The molecule has 0 unspecified atom stereocenters. The summed E-state index contributed by atoms with van der Waals surface area (Å²) < 4.78 is 26.5. The van der Waals surface area contributed by atoms with E-state index in [1.54, 1.807) is 25.1 Å². The number of nitrogens with one attached hydrogen (secondary N) is 2. The van der Waals surface area contributed by atoms with Crippen molar-refractivity contribution < 1.29 is 13.2 Å². The number of thiophene rings is 1. The molecule has 1 aliphatic rings. The number of carbonyl (C=O) groups is 1. The molecular weight excluding hydrogens is 344 g/mol. The van der Waals surface area contributed by atoms with E-state index in [1.165, 1.54) is 0 Å². The molecule has 0 aliphatic carbocycles. The second kappa shape index (κ2) is 5.66. The van der Waals surface area contributed by atoms with Crippen LogP contribution in [0.25, 0.3) is 0 Å². The van der Waals surface area contributed by atoms with Crippen LogP contribution in [-0.4, -0.2) is 14.3 Å². The fourth-order valence-electron chi connectivity index (χ4n) is 2.23. The quantitative estimate of drug-likeness (QED) is 0.887. The van der Waals surface area contributed by atoms with E-state index in [0.29, 0.717) is 22.0 Å². The molecule has 1 atom stereocenters. The van der Waals surface area contributed by atoms with E-state index < -0.39 is 10.0 Å². The number of carbonyl (C=O) groups excluding carboxylic acids is 1. The van der Waals surface area contributed by atoms with Gasteiger partial charge >= 0.3 is 0 Å². The van der Waals surface area contributed by atoms with Crippen molar-refractivity contribution in [2.75, 3.05) is 0 Å². The van der Waals surface area contributed by atoms with Crippen molar-refractivity contribution in [3.05, 3.63) is 51.4 Å². The third kappa shape index (κ3) is 2.89. The van der Waals surface area contributed by atoms with Gasteiger partial charge in [-0.25, -0.2) is 13.1 Å². The van der Waals surface area contributed by atoms with E-state index in [2.05, 4.69) is 10.0 Å². The Morgan fingerprint density at radius 3 is 2.68 bits per heavy atom. The van der Waals surface area contributed by atoms with Crippen LogP contribution in [0.4, 0.5) is 0 Å². The lowest BCUT2D eigenvalue weighted by Crippen LogP contribution is -2.22. The second-order valence-electron chi connectivity index (χ2n) is 5.01. The van der Waals surface area contributed by atoms with Gasteiger partial charge in [0.25, 0.3) is 15.9 Å². The summed E-state index contributed by atoms with van der Waals surface area (Å²) in [6, 6.07) is 8.50. The summed E-state index contributed by atoms with van der Waals surface area (Å²) in [7, 11) is -3.47. The van der Waals surface area contributed by atoms with Gasteiger partial charge in [-0.05, 0) is 30.7 Å². The summed E-state index contributed by atoms with van der Waals surface area (Å²) in [4.78, 5) is 12.6. The number of benzene rings is 1. The molecule has 1 aromatic heterocycles. The lowest BCUT2D eigenvalue weighted by Gasteiger charge is -2.05. The van der Waals surface area contributed by atoms with Gasteiger partial charge in [0.1, 0.15) is 4.21 Å². The minimum absolute atomic E-state index is 0.233. The summed E-state index contributed by atoms with van der Waals surface area (Å²) in [5.74, 6) is -0.281. The highest BCUT2D eigenvalue weighted by molar-refractivity contribution is 7.92. The smallest absolute Gasteiger partial charge is 0.261 e. The lowest BCUT2D eigenvalue weighted by atomic mass is 10.2. The van der Waals surface area contributed by atoms with Crippen LogP contribution >= 0.6 is 22.9 Å². The van der Waals surface area contributed by atoms with Crippen LogP contribution in [0.15, 0.2) is 34.5 Å². The molecule has 0 bridgehead atoms. The molecule has 2 N–H and O–H groups in total. The fourth-order valence-corrected chi connectivity index (χ4v) is 5.36. The second-order valence-corrected chi connectivity index (χ2v) is 8.40. The Bertz CT molecular complexity index is 828. The zero-order valence-corrected chi connectivity index (χ0v) is 14.0. The molecule has 0 spiro atoms. The molecule has 2 aromatic rings. The average molecular weight is 357 g/mol. The molecule has 0 saturated carbocycles. The average Bonchev–Trinajstić information content (AvgIpc) is 2.99. The Balaban J connectivity index is 1.74. The van der Waals surface area contributed by atoms with Gasteiger partial charge in [-0.15, -0.1) is 11.3 Å². The zero-order valence-electron chi connectivity index (χ0n) is 11.6. The Morgan fingerprint density at radius 2 is 2.05 bits per heavy atom. The van der Waals surface area contributed by atoms with Gasteiger partial charge in [0, 0.05) is 23.2 Å². The van der Waals surface area contributed by atoms with Crippen molar-refractivity contribution in [3.8, 4) is 0 Å². The highest BCUT2D eigenvalue weighted by atomic mass is 35.5. The lowest BCUT2D eigenvalue weighted by molar-refractivity contribution is 0.0955. The first kappa shape index (κ1) is 15.5. The molecule has 0 saturated heterocycles. The molecule has 8 heteroatoms. The first-order valence-electron chi connectivity index (χ1n) is 6.55. The number of fused-ring (bicyclic) bond motifs is 1. The van der Waals surface area contributed by atoms with E-state index in [9.17, 15) is 13.2 Å². The topological polar surface area (TPSA) is 75.3 Å². The third-order valence-electron chi connectivity index (χ3n) is 3.36. The van der Waals surface area contributed by atoms with Gasteiger partial charge in [-0.1, -0.05) is 23.7 Å². The summed E-state index contributed by atoms with van der Waals surface area (Å²) >= 11 is 6.80. The Kier molecular flexibility index (Phi) is 3.98. The number of rotatable bonds is 3.